The summed E-state index contributed by atoms with van der Waals surface area (Å²) in [5, 5.41) is 12.7. The van der Waals surface area contributed by atoms with Crippen molar-refractivity contribution in [2.24, 2.45) is 0 Å². The van der Waals surface area contributed by atoms with Crippen LogP contribution in [0.5, 0.6) is 0 Å². The van der Waals surface area contributed by atoms with Crippen molar-refractivity contribution in [3.05, 3.63) is 35.4 Å². The summed E-state index contributed by atoms with van der Waals surface area (Å²) in [7, 11) is 0. The van der Waals surface area contributed by atoms with Crippen LogP contribution in [-0.4, -0.2) is 22.0 Å². The Morgan fingerprint density at radius 2 is 2.50 bits per heavy atom. The average molecular weight is 240 g/mol. The SMILES string of the molecule is Cc1cccn2c(CC3CCCN3)nc(C#N)c12. The molecule has 1 atom stereocenters. The fourth-order valence-electron chi connectivity index (χ4n) is 2.74. The van der Waals surface area contributed by atoms with Crippen molar-refractivity contribution in [2.75, 3.05) is 6.54 Å². The van der Waals surface area contributed by atoms with E-state index in [0.29, 0.717) is 11.7 Å². The highest BCUT2D eigenvalue weighted by atomic mass is 15.0. The van der Waals surface area contributed by atoms with Crippen LogP contribution in [-0.2, 0) is 6.42 Å². The molecule has 0 radical (unpaired) electrons. The van der Waals surface area contributed by atoms with E-state index in [1.165, 1.54) is 12.8 Å². The smallest absolute Gasteiger partial charge is 0.166 e. The maximum Gasteiger partial charge on any atom is 0.166 e. The molecule has 0 saturated carbocycles. The molecule has 2 aromatic rings. The van der Waals surface area contributed by atoms with Gasteiger partial charge in [0.25, 0.3) is 0 Å². The van der Waals surface area contributed by atoms with Crippen LogP contribution in [0, 0.1) is 18.3 Å². The number of hydrogen-bond acceptors (Lipinski definition) is 3. The van der Waals surface area contributed by atoms with Gasteiger partial charge in [0.15, 0.2) is 5.69 Å². The molecule has 0 bridgehead atoms. The topological polar surface area (TPSA) is 53.1 Å². The Kier molecular flexibility index (Phi) is 2.77. The molecule has 1 N–H and O–H groups in total. The van der Waals surface area contributed by atoms with Crippen LogP contribution < -0.4 is 5.32 Å². The van der Waals surface area contributed by atoms with Crippen LogP contribution in [0.1, 0.15) is 29.9 Å². The van der Waals surface area contributed by atoms with E-state index in [0.717, 1.165) is 29.9 Å². The summed E-state index contributed by atoms with van der Waals surface area (Å²) < 4.78 is 2.06. The van der Waals surface area contributed by atoms with E-state index < -0.39 is 0 Å². The monoisotopic (exact) mass is 240 g/mol. The van der Waals surface area contributed by atoms with E-state index in [1.54, 1.807) is 0 Å². The third-order valence-corrected chi connectivity index (χ3v) is 3.64. The molecule has 4 heteroatoms. The maximum atomic E-state index is 9.19. The van der Waals surface area contributed by atoms with Gasteiger partial charge in [-0.3, -0.25) is 0 Å². The largest absolute Gasteiger partial charge is 0.314 e. The van der Waals surface area contributed by atoms with Gasteiger partial charge in [-0.05, 0) is 37.9 Å². The number of nitrogens with one attached hydrogen (secondary N) is 1. The minimum atomic E-state index is 0.502. The molecule has 1 aliphatic heterocycles. The number of nitrogens with zero attached hydrogens (tertiary/aromatic N) is 3. The molecule has 1 saturated heterocycles. The normalized spacial score (nSPS) is 19.2. The first-order chi connectivity index (χ1) is 8.79. The summed E-state index contributed by atoms with van der Waals surface area (Å²) in [5.41, 5.74) is 2.60. The van der Waals surface area contributed by atoms with E-state index in [2.05, 4.69) is 20.8 Å². The zero-order valence-corrected chi connectivity index (χ0v) is 10.5. The number of hydrogen-bond donors (Lipinski definition) is 1. The molecule has 1 aliphatic rings. The molecule has 4 nitrogen and oxygen atoms in total. The fourth-order valence-corrected chi connectivity index (χ4v) is 2.74. The first-order valence-corrected chi connectivity index (χ1v) is 6.39. The lowest BCUT2D eigenvalue weighted by Gasteiger charge is -2.09. The minimum absolute atomic E-state index is 0.502. The van der Waals surface area contributed by atoms with Gasteiger partial charge in [-0.2, -0.15) is 5.26 Å². The Morgan fingerprint density at radius 1 is 1.61 bits per heavy atom. The molecule has 3 rings (SSSR count). The molecule has 0 spiro atoms. The predicted molar refractivity (Wildman–Crippen MR) is 69.4 cm³/mol. The lowest BCUT2D eigenvalue weighted by Crippen LogP contribution is -2.24. The van der Waals surface area contributed by atoms with E-state index in [-0.39, 0.29) is 0 Å². The summed E-state index contributed by atoms with van der Waals surface area (Å²) in [4.78, 5) is 4.49. The van der Waals surface area contributed by atoms with Crippen molar-refractivity contribution >= 4 is 5.52 Å². The Balaban J connectivity index is 2.07. The summed E-state index contributed by atoms with van der Waals surface area (Å²) in [5.74, 6) is 0.990. The van der Waals surface area contributed by atoms with E-state index in [1.807, 2.05) is 25.3 Å². The third kappa shape index (κ3) is 1.77. The van der Waals surface area contributed by atoms with Gasteiger partial charge >= 0.3 is 0 Å². The van der Waals surface area contributed by atoms with Crippen molar-refractivity contribution < 1.29 is 0 Å². The van der Waals surface area contributed by atoms with Crippen molar-refractivity contribution in [1.82, 2.24) is 14.7 Å². The van der Waals surface area contributed by atoms with Gasteiger partial charge in [-0.1, -0.05) is 6.07 Å². The van der Waals surface area contributed by atoms with Crippen LogP contribution in [0.4, 0.5) is 0 Å². The van der Waals surface area contributed by atoms with Crippen LogP contribution in [0.3, 0.4) is 0 Å². The maximum absolute atomic E-state index is 9.19. The second kappa shape index (κ2) is 4.43. The summed E-state index contributed by atoms with van der Waals surface area (Å²) in [6, 6.07) is 6.74. The van der Waals surface area contributed by atoms with Crippen LogP contribution in [0.15, 0.2) is 18.3 Å². The fraction of sp³-hybridized carbons (Fsp3) is 0.429. The first-order valence-electron chi connectivity index (χ1n) is 6.39. The number of imidazole rings is 1. The predicted octanol–water partition coefficient (Wildman–Crippen LogP) is 1.81. The number of fused-ring (bicyclic) bond motifs is 1. The molecule has 1 fully saturated rings. The zero-order valence-electron chi connectivity index (χ0n) is 10.5. The molecule has 0 aromatic carbocycles. The highest BCUT2D eigenvalue weighted by Gasteiger charge is 2.19. The molecular weight excluding hydrogens is 224 g/mol. The van der Waals surface area contributed by atoms with Gasteiger partial charge in [0.05, 0.1) is 5.52 Å². The molecule has 0 aliphatic carbocycles. The minimum Gasteiger partial charge on any atom is -0.314 e. The first kappa shape index (κ1) is 11.2. The molecule has 3 heterocycles. The number of nitriles is 1. The Bertz CT molecular complexity index is 614. The van der Waals surface area contributed by atoms with Crippen LogP contribution in [0.25, 0.3) is 5.52 Å². The van der Waals surface area contributed by atoms with Gasteiger partial charge < -0.3 is 9.72 Å². The van der Waals surface area contributed by atoms with Gasteiger partial charge in [0, 0.05) is 18.7 Å². The number of aromatic nitrogens is 2. The van der Waals surface area contributed by atoms with Crippen molar-refractivity contribution in [2.45, 2.75) is 32.2 Å². The Labute approximate surface area is 106 Å². The van der Waals surface area contributed by atoms with Crippen molar-refractivity contribution in [3.8, 4) is 6.07 Å². The molecule has 0 amide bonds. The molecule has 2 aromatic heterocycles. The quantitative estimate of drug-likeness (QED) is 0.871. The second-order valence-corrected chi connectivity index (χ2v) is 4.90. The van der Waals surface area contributed by atoms with Crippen LogP contribution in [0.2, 0.25) is 0 Å². The van der Waals surface area contributed by atoms with E-state index >= 15 is 0 Å². The van der Waals surface area contributed by atoms with Gasteiger partial charge in [-0.15, -0.1) is 0 Å². The van der Waals surface area contributed by atoms with Crippen molar-refractivity contribution in [1.29, 1.82) is 5.26 Å². The molecule has 1 unspecified atom stereocenters. The Hall–Kier alpha value is -1.86. The number of rotatable bonds is 2. The third-order valence-electron chi connectivity index (χ3n) is 3.64. The van der Waals surface area contributed by atoms with Crippen molar-refractivity contribution in [3.63, 3.8) is 0 Å². The average Bonchev–Trinajstić information content (AvgIpc) is 2.99. The van der Waals surface area contributed by atoms with Gasteiger partial charge in [0.1, 0.15) is 11.9 Å². The lowest BCUT2D eigenvalue weighted by atomic mass is 10.1. The van der Waals surface area contributed by atoms with Gasteiger partial charge in [0.2, 0.25) is 0 Å². The van der Waals surface area contributed by atoms with E-state index in [4.69, 9.17) is 0 Å². The molecular formula is C14H16N4. The second-order valence-electron chi connectivity index (χ2n) is 4.90. The molecule has 92 valence electrons. The highest BCUT2D eigenvalue weighted by molar-refractivity contribution is 5.63. The van der Waals surface area contributed by atoms with E-state index in [9.17, 15) is 5.26 Å². The summed E-state index contributed by atoms with van der Waals surface area (Å²) in [6.45, 7) is 3.12. The van der Waals surface area contributed by atoms with Gasteiger partial charge in [-0.25, -0.2) is 4.98 Å². The standard InChI is InChI=1S/C14H16N4/c1-10-4-3-7-18-13(8-11-5-2-6-16-11)17-12(9-15)14(10)18/h3-4,7,11,16H,2,5-6,8H2,1H3. The molecule has 18 heavy (non-hydrogen) atoms. The lowest BCUT2D eigenvalue weighted by molar-refractivity contribution is 0.584. The zero-order chi connectivity index (χ0) is 12.5. The Morgan fingerprint density at radius 3 is 3.22 bits per heavy atom. The number of pyridine rings is 1. The summed E-state index contributed by atoms with van der Waals surface area (Å²) in [6.07, 6.45) is 5.33. The van der Waals surface area contributed by atoms with Crippen LogP contribution >= 0.6 is 0 Å². The number of aryl methyl sites for hydroxylation is 1. The highest BCUT2D eigenvalue weighted by Crippen LogP contribution is 2.19. The summed E-state index contributed by atoms with van der Waals surface area (Å²) >= 11 is 0.